The van der Waals surface area contributed by atoms with Crippen molar-refractivity contribution in [1.29, 1.82) is 0 Å². The summed E-state index contributed by atoms with van der Waals surface area (Å²) in [6.07, 6.45) is 5.52. The van der Waals surface area contributed by atoms with Gasteiger partial charge in [-0.05, 0) is 30.9 Å². The number of benzene rings is 1. The lowest BCUT2D eigenvalue weighted by molar-refractivity contribution is 0.394. The number of nitrogens with zero attached hydrogens (tertiary/aromatic N) is 4. The Hall–Kier alpha value is -3.16. The molecule has 2 aliphatic rings. The maximum atomic E-state index is 5.42. The topological polar surface area (TPSA) is 74.3 Å². The molecule has 2 N–H and O–H groups in total. The van der Waals surface area contributed by atoms with Crippen molar-refractivity contribution >= 4 is 17.5 Å². The van der Waals surface area contributed by atoms with Crippen molar-refractivity contribution in [3.05, 3.63) is 42.1 Å². The largest absolute Gasteiger partial charge is 0.497 e. The van der Waals surface area contributed by atoms with Gasteiger partial charge in [0.1, 0.15) is 17.3 Å². The van der Waals surface area contributed by atoms with Crippen LogP contribution < -0.4 is 29.9 Å². The van der Waals surface area contributed by atoms with Crippen LogP contribution in [0.5, 0.6) is 11.5 Å². The fourth-order valence-corrected chi connectivity index (χ4v) is 4.32. The highest BCUT2D eigenvalue weighted by atomic mass is 16.5. The van der Waals surface area contributed by atoms with E-state index in [1.807, 2.05) is 19.3 Å². The van der Waals surface area contributed by atoms with E-state index in [2.05, 4.69) is 54.7 Å². The van der Waals surface area contributed by atoms with Gasteiger partial charge in [-0.1, -0.05) is 6.07 Å². The Bertz CT molecular complexity index is 889. The first-order valence-electron chi connectivity index (χ1n) is 11.3. The molecule has 1 aromatic heterocycles. The van der Waals surface area contributed by atoms with E-state index in [4.69, 9.17) is 9.47 Å². The average molecular weight is 439 g/mol. The maximum absolute atomic E-state index is 5.42. The predicted octanol–water partition coefficient (Wildman–Crippen LogP) is 2.64. The first-order chi connectivity index (χ1) is 15.7. The van der Waals surface area contributed by atoms with Gasteiger partial charge < -0.3 is 29.9 Å². The number of aliphatic imine (C=N–C) groups is 1. The SMILES string of the molecule is CN=C(NCc1ccc(N2CCCC2)nc1)NC1CCN(c2cc(OC)cc(OC)c2)C1. The Morgan fingerprint density at radius 2 is 1.81 bits per heavy atom. The summed E-state index contributed by atoms with van der Waals surface area (Å²) < 4.78 is 10.8. The Morgan fingerprint density at radius 1 is 1.06 bits per heavy atom. The van der Waals surface area contributed by atoms with E-state index in [1.165, 1.54) is 12.8 Å². The van der Waals surface area contributed by atoms with Crippen LogP contribution in [0.3, 0.4) is 0 Å². The van der Waals surface area contributed by atoms with Crippen LogP contribution in [0.1, 0.15) is 24.8 Å². The molecule has 2 aliphatic heterocycles. The lowest BCUT2D eigenvalue weighted by atomic mass is 10.2. The van der Waals surface area contributed by atoms with Gasteiger partial charge in [0.15, 0.2) is 5.96 Å². The maximum Gasteiger partial charge on any atom is 0.191 e. The number of aromatic nitrogens is 1. The smallest absolute Gasteiger partial charge is 0.191 e. The number of anilines is 2. The molecule has 4 rings (SSSR count). The average Bonchev–Trinajstić information content (AvgIpc) is 3.54. The van der Waals surface area contributed by atoms with Crippen molar-refractivity contribution in [3.8, 4) is 11.5 Å². The molecule has 8 heteroatoms. The quantitative estimate of drug-likeness (QED) is 0.509. The molecule has 1 aromatic carbocycles. The lowest BCUT2D eigenvalue weighted by Crippen LogP contribution is -2.44. The van der Waals surface area contributed by atoms with Gasteiger partial charge in [0.25, 0.3) is 0 Å². The molecule has 1 unspecified atom stereocenters. The molecule has 0 saturated carbocycles. The summed E-state index contributed by atoms with van der Waals surface area (Å²) in [5.41, 5.74) is 2.25. The Morgan fingerprint density at radius 3 is 2.44 bits per heavy atom. The molecule has 2 fully saturated rings. The second-order valence-electron chi connectivity index (χ2n) is 8.29. The standard InChI is InChI=1S/C24H34N6O2/c1-25-24(27-16-18-6-7-23(26-15-18)29-9-4-5-10-29)28-19-8-11-30(17-19)20-12-21(31-2)14-22(13-20)32-3/h6-7,12-15,19H,4-5,8-11,16-17H2,1-3H3,(H2,25,27,28). The summed E-state index contributed by atoms with van der Waals surface area (Å²) in [6.45, 7) is 4.77. The van der Waals surface area contributed by atoms with Crippen LogP contribution in [0, 0.1) is 0 Å². The molecule has 8 nitrogen and oxygen atoms in total. The van der Waals surface area contributed by atoms with Crippen LogP contribution in [-0.2, 0) is 6.54 Å². The highest BCUT2D eigenvalue weighted by Crippen LogP contribution is 2.30. The Balaban J connectivity index is 1.29. The van der Waals surface area contributed by atoms with E-state index >= 15 is 0 Å². The minimum atomic E-state index is 0.314. The summed E-state index contributed by atoms with van der Waals surface area (Å²) in [6, 6.07) is 10.6. The van der Waals surface area contributed by atoms with Gasteiger partial charge in [-0.15, -0.1) is 0 Å². The molecule has 32 heavy (non-hydrogen) atoms. The second-order valence-corrected chi connectivity index (χ2v) is 8.29. The monoisotopic (exact) mass is 438 g/mol. The highest BCUT2D eigenvalue weighted by molar-refractivity contribution is 5.80. The van der Waals surface area contributed by atoms with Gasteiger partial charge in [-0.3, -0.25) is 4.99 Å². The number of hydrogen-bond donors (Lipinski definition) is 2. The van der Waals surface area contributed by atoms with Crippen LogP contribution in [0.25, 0.3) is 0 Å². The predicted molar refractivity (Wildman–Crippen MR) is 129 cm³/mol. The van der Waals surface area contributed by atoms with Crippen LogP contribution in [0.2, 0.25) is 0 Å². The summed E-state index contributed by atoms with van der Waals surface area (Å²) >= 11 is 0. The number of nitrogens with one attached hydrogen (secondary N) is 2. The first-order valence-corrected chi connectivity index (χ1v) is 11.3. The molecule has 0 radical (unpaired) electrons. The fourth-order valence-electron chi connectivity index (χ4n) is 4.32. The van der Waals surface area contributed by atoms with E-state index in [-0.39, 0.29) is 0 Å². The zero-order chi connectivity index (χ0) is 22.3. The van der Waals surface area contributed by atoms with E-state index in [0.29, 0.717) is 12.6 Å². The molecule has 2 aromatic rings. The van der Waals surface area contributed by atoms with Crippen molar-refractivity contribution < 1.29 is 9.47 Å². The third-order valence-electron chi connectivity index (χ3n) is 6.15. The van der Waals surface area contributed by atoms with Crippen LogP contribution in [0.15, 0.2) is 41.5 Å². The lowest BCUT2D eigenvalue weighted by Gasteiger charge is -2.21. The molecule has 3 heterocycles. The minimum Gasteiger partial charge on any atom is -0.497 e. The van der Waals surface area contributed by atoms with Crippen LogP contribution >= 0.6 is 0 Å². The summed E-state index contributed by atoms with van der Waals surface area (Å²) in [5, 5.41) is 6.97. The van der Waals surface area contributed by atoms with Crippen molar-refractivity contribution in [1.82, 2.24) is 15.6 Å². The zero-order valence-electron chi connectivity index (χ0n) is 19.3. The minimum absolute atomic E-state index is 0.314. The van der Waals surface area contributed by atoms with Gasteiger partial charge in [0, 0.05) is 75.9 Å². The molecule has 0 amide bonds. The normalized spacial score (nSPS) is 18.7. The van der Waals surface area contributed by atoms with Crippen molar-refractivity contribution in [3.63, 3.8) is 0 Å². The molecule has 2 saturated heterocycles. The zero-order valence-corrected chi connectivity index (χ0v) is 19.3. The highest BCUT2D eigenvalue weighted by Gasteiger charge is 2.24. The van der Waals surface area contributed by atoms with Gasteiger partial charge in [-0.25, -0.2) is 4.98 Å². The number of pyridine rings is 1. The molecule has 0 spiro atoms. The number of hydrogen-bond acceptors (Lipinski definition) is 6. The van der Waals surface area contributed by atoms with Gasteiger partial charge in [0.2, 0.25) is 0 Å². The number of ether oxygens (including phenoxy) is 2. The Labute approximate surface area is 190 Å². The second kappa shape index (κ2) is 10.4. The summed E-state index contributed by atoms with van der Waals surface area (Å²) in [4.78, 5) is 13.7. The van der Waals surface area contributed by atoms with E-state index < -0.39 is 0 Å². The van der Waals surface area contributed by atoms with Crippen molar-refractivity contribution in [2.75, 3.05) is 57.2 Å². The number of methoxy groups -OCH3 is 2. The van der Waals surface area contributed by atoms with E-state index in [1.54, 1.807) is 14.2 Å². The van der Waals surface area contributed by atoms with Gasteiger partial charge >= 0.3 is 0 Å². The molecule has 0 bridgehead atoms. The third-order valence-corrected chi connectivity index (χ3v) is 6.15. The molecule has 172 valence electrons. The number of rotatable bonds is 7. The first kappa shape index (κ1) is 22.0. The van der Waals surface area contributed by atoms with Gasteiger partial charge in [0.05, 0.1) is 14.2 Å². The molecule has 1 atom stereocenters. The van der Waals surface area contributed by atoms with Crippen LogP contribution in [-0.4, -0.2) is 64.4 Å². The van der Waals surface area contributed by atoms with Crippen molar-refractivity contribution in [2.24, 2.45) is 4.99 Å². The fraction of sp³-hybridized carbons (Fsp3) is 0.500. The molecular weight excluding hydrogens is 404 g/mol. The molecule has 0 aliphatic carbocycles. The van der Waals surface area contributed by atoms with Gasteiger partial charge in [-0.2, -0.15) is 0 Å². The molecular formula is C24H34N6O2. The third kappa shape index (κ3) is 5.36. The van der Waals surface area contributed by atoms with Crippen molar-refractivity contribution in [2.45, 2.75) is 31.8 Å². The summed E-state index contributed by atoms with van der Waals surface area (Å²) in [5.74, 6) is 3.49. The van der Waals surface area contributed by atoms with E-state index in [0.717, 1.165) is 67.1 Å². The Kier molecular flexibility index (Phi) is 7.19. The number of guanidine groups is 1. The summed E-state index contributed by atoms with van der Waals surface area (Å²) in [7, 11) is 5.17. The van der Waals surface area contributed by atoms with Crippen LogP contribution in [0.4, 0.5) is 11.5 Å². The van der Waals surface area contributed by atoms with E-state index in [9.17, 15) is 0 Å².